The van der Waals surface area contributed by atoms with Crippen molar-refractivity contribution >= 4 is 23.1 Å². The van der Waals surface area contributed by atoms with Gasteiger partial charge in [0.25, 0.3) is 0 Å². The molecule has 0 atom stereocenters. The highest BCUT2D eigenvalue weighted by molar-refractivity contribution is 6.35. The molecule has 2 N–H and O–H groups in total. The van der Waals surface area contributed by atoms with Crippen molar-refractivity contribution in [1.82, 2.24) is 0 Å². The van der Waals surface area contributed by atoms with E-state index in [1.54, 1.807) is 31.2 Å². The maximum atomic E-state index is 12.1. The molecule has 3 nitrogen and oxygen atoms in total. The first-order chi connectivity index (χ1) is 7.59. The van der Waals surface area contributed by atoms with Gasteiger partial charge in [0.05, 0.1) is 16.8 Å². The van der Waals surface area contributed by atoms with E-state index in [-0.39, 0.29) is 5.78 Å². The lowest BCUT2D eigenvalue weighted by molar-refractivity contribution is 0.103. The van der Waals surface area contributed by atoms with Crippen molar-refractivity contribution in [3.8, 4) is 0 Å². The maximum absolute atomic E-state index is 12.1. The molecule has 0 radical (unpaired) electrons. The van der Waals surface area contributed by atoms with Crippen LogP contribution >= 0.6 is 11.6 Å². The molecule has 0 aliphatic rings. The Hall–Kier alpha value is -1.74. The minimum Gasteiger partial charge on any atom is -0.469 e. The molecule has 0 fully saturated rings. The Morgan fingerprint density at radius 3 is 2.62 bits per heavy atom. The number of nitrogen functional groups attached to an aromatic ring is 1. The quantitative estimate of drug-likeness (QED) is 0.643. The van der Waals surface area contributed by atoms with E-state index in [1.807, 2.05) is 0 Å². The van der Waals surface area contributed by atoms with Crippen LogP contribution in [0.25, 0.3) is 0 Å². The molecule has 0 aliphatic heterocycles. The summed E-state index contributed by atoms with van der Waals surface area (Å²) in [6.45, 7) is 1.73. The predicted molar refractivity (Wildman–Crippen MR) is 62.7 cm³/mol. The fourth-order valence-corrected chi connectivity index (χ4v) is 1.76. The van der Waals surface area contributed by atoms with E-state index in [1.165, 1.54) is 6.26 Å². The lowest BCUT2D eigenvalue weighted by atomic mass is 10.0. The number of carbonyl (C=O) groups is 1. The average Bonchev–Trinajstić information content (AvgIpc) is 2.63. The number of hydrogen-bond donors (Lipinski definition) is 1. The molecular formula is C12H10ClNO2. The zero-order valence-corrected chi connectivity index (χ0v) is 9.41. The van der Waals surface area contributed by atoms with Crippen molar-refractivity contribution in [1.29, 1.82) is 0 Å². The largest absolute Gasteiger partial charge is 0.469 e. The summed E-state index contributed by atoms with van der Waals surface area (Å²) in [5.74, 6) is 0.425. The normalized spacial score (nSPS) is 10.4. The first kappa shape index (κ1) is 10.8. The van der Waals surface area contributed by atoms with Gasteiger partial charge in [0.15, 0.2) is 5.78 Å². The number of benzene rings is 1. The van der Waals surface area contributed by atoms with Gasteiger partial charge in [-0.3, -0.25) is 4.79 Å². The van der Waals surface area contributed by atoms with Crippen LogP contribution in [0, 0.1) is 6.92 Å². The van der Waals surface area contributed by atoms with Crippen LogP contribution in [0.2, 0.25) is 5.02 Å². The second-order valence-corrected chi connectivity index (χ2v) is 3.87. The first-order valence-electron chi connectivity index (χ1n) is 4.73. The third-order valence-electron chi connectivity index (χ3n) is 2.34. The van der Waals surface area contributed by atoms with E-state index in [4.69, 9.17) is 21.8 Å². The van der Waals surface area contributed by atoms with E-state index in [9.17, 15) is 4.79 Å². The standard InChI is InChI=1S/C12H10ClNO2/c1-7-9(4-5-16-7)12(15)10-3-2-8(14)6-11(10)13/h2-6H,14H2,1H3. The Morgan fingerprint density at radius 1 is 1.31 bits per heavy atom. The number of anilines is 1. The van der Waals surface area contributed by atoms with Gasteiger partial charge in [-0.1, -0.05) is 11.6 Å². The fraction of sp³-hybridized carbons (Fsp3) is 0.0833. The summed E-state index contributed by atoms with van der Waals surface area (Å²) < 4.78 is 5.08. The summed E-state index contributed by atoms with van der Waals surface area (Å²) >= 11 is 5.96. The molecule has 0 saturated heterocycles. The molecule has 0 spiro atoms. The second-order valence-electron chi connectivity index (χ2n) is 3.46. The highest BCUT2D eigenvalue weighted by atomic mass is 35.5. The lowest BCUT2D eigenvalue weighted by Gasteiger charge is -2.03. The number of aryl methyl sites for hydroxylation is 1. The summed E-state index contributed by atoms with van der Waals surface area (Å²) in [6, 6.07) is 6.45. The fourth-order valence-electron chi connectivity index (χ4n) is 1.48. The van der Waals surface area contributed by atoms with Gasteiger partial charge in [-0.15, -0.1) is 0 Å². The minimum absolute atomic E-state index is 0.156. The summed E-state index contributed by atoms with van der Waals surface area (Å²) in [4.78, 5) is 12.1. The third kappa shape index (κ3) is 1.82. The van der Waals surface area contributed by atoms with Crippen LogP contribution in [0.15, 0.2) is 34.9 Å². The molecule has 82 valence electrons. The van der Waals surface area contributed by atoms with Crippen molar-refractivity contribution in [3.05, 3.63) is 52.4 Å². The molecule has 1 heterocycles. The van der Waals surface area contributed by atoms with Crippen molar-refractivity contribution < 1.29 is 9.21 Å². The molecule has 1 aromatic carbocycles. The van der Waals surface area contributed by atoms with Gasteiger partial charge in [-0.2, -0.15) is 0 Å². The first-order valence-corrected chi connectivity index (χ1v) is 5.11. The number of hydrogen-bond acceptors (Lipinski definition) is 3. The number of carbonyl (C=O) groups excluding carboxylic acids is 1. The molecule has 0 saturated carbocycles. The molecule has 2 rings (SSSR count). The molecule has 1 aromatic heterocycles. The number of halogens is 1. The van der Waals surface area contributed by atoms with Gasteiger partial charge in [0.2, 0.25) is 0 Å². The number of furan rings is 1. The van der Waals surface area contributed by atoms with Crippen molar-refractivity contribution in [2.45, 2.75) is 6.92 Å². The van der Waals surface area contributed by atoms with Crippen LogP contribution < -0.4 is 5.73 Å². The van der Waals surface area contributed by atoms with E-state index in [0.29, 0.717) is 27.6 Å². The third-order valence-corrected chi connectivity index (χ3v) is 2.65. The number of nitrogens with two attached hydrogens (primary N) is 1. The molecular weight excluding hydrogens is 226 g/mol. The Kier molecular flexibility index (Phi) is 2.71. The molecule has 0 bridgehead atoms. The summed E-state index contributed by atoms with van der Waals surface area (Å²) in [6.07, 6.45) is 1.48. The van der Waals surface area contributed by atoms with Crippen molar-refractivity contribution in [2.24, 2.45) is 0 Å². The van der Waals surface area contributed by atoms with Crippen LogP contribution in [0.1, 0.15) is 21.7 Å². The van der Waals surface area contributed by atoms with Crippen LogP contribution in [0.5, 0.6) is 0 Å². The molecule has 0 aliphatic carbocycles. The van der Waals surface area contributed by atoms with E-state index < -0.39 is 0 Å². The zero-order valence-electron chi connectivity index (χ0n) is 8.66. The van der Waals surface area contributed by atoms with Gasteiger partial charge in [-0.25, -0.2) is 0 Å². The van der Waals surface area contributed by atoms with Gasteiger partial charge < -0.3 is 10.2 Å². The van der Waals surface area contributed by atoms with Crippen LogP contribution in [-0.4, -0.2) is 5.78 Å². The molecule has 0 unspecified atom stereocenters. The Labute approximate surface area is 97.8 Å². The zero-order chi connectivity index (χ0) is 11.7. The van der Waals surface area contributed by atoms with Gasteiger partial charge >= 0.3 is 0 Å². The smallest absolute Gasteiger partial charge is 0.198 e. The molecule has 2 aromatic rings. The van der Waals surface area contributed by atoms with Crippen LogP contribution in [0.3, 0.4) is 0 Å². The van der Waals surface area contributed by atoms with E-state index >= 15 is 0 Å². The summed E-state index contributed by atoms with van der Waals surface area (Å²) in [5, 5.41) is 0.352. The summed E-state index contributed by atoms with van der Waals surface area (Å²) in [5.41, 5.74) is 7.05. The number of ketones is 1. The predicted octanol–water partition coefficient (Wildman–Crippen LogP) is 3.05. The van der Waals surface area contributed by atoms with Gasteiger partial charge in [0, 0.05) is 11.3 Å². The molecule has 0 amide bonds. The molecule has 4 heteroatoms. The topological polar surface area (TPSA) is 56.2 Å². The maximum Gasteiger partial charge on any atom is 0.198 e. The van der Waals surface area contributed by atoms with Crippen molar-refractivity contribution in [3.63, 3.8) is 0 Å². The van der Waals surface area contributed by atoms with Crippen LogP contribution in [-0.2, 0) is 0 Å². The Morgan fingerprint density at radius 2 is 2.06 bits per heavy atom. The minimum atomic E-state index is -0.156. The molecule has 16 heavy (non-hydrogen) atoms. The Balaban J connectivity index is 2.46. The Bertz CT molecular complexity index is 546. The summed E-state index contributed by atoms with van der Waals surface area (Å²) in [7, 11) is 0. The van der Waals surface area contributed by atoms with Crippen LogP contribution in [0.4, 0.5) is 5.69 Å². The van der Waals surface area contributed by atoms with Gasteiger partial charge in [-0.05, 0) is 31.2 Å². The van der Waals surface area contributed by atoms with Gasteiger partial charge in [0.1, 0.15) is 5.76 Å². The van der Waals surface area contributed by atoms with E-state index in [2.05, 4.69) is 0 Å². The average molecular weight is 236 g/mol. The highest BCUT2D eigenvalue weighted by Gasteiger charge is 2.16. The van der Waals surface area contributed by atoms with Crippen molar-refractivity contribution in [2.75, 3.05) is 5.73 Å². The highest BCUT2D eigenvalue weighted by Crippen LogP contribution is 2.23. The SMILES string of the molecule is Cc1occc1C(=O)c1ccc(N)cc1Cl. The monoisotopic (exact) mass is 235 g/mol. The van der Waals surface area contributed by atoms with E-state index in [0.717, 1.165) is 0 Å². The second kappa shape index (κ2) is 4.02. The lowest BCUT2D eigenvalue weighted by Crippen LogP contribution is -2.02. The number of rotatable bonds is 2.